The van der Waals surface area contributed by atoms with Crippen LogP contribution in [0.5, 0.6) is 0 Å². The fourth-order valence-corrected chi connectivity index (χ4v) is 7.16. The van der Waals surface area contributed by atoms with Crippen molar-refractivity contribution in [2.75, 3.05) is 25.4 Å². The molecule has 3 heterocycles. The van der Waals surface area contributed by atoms with Gasteiger partial charge in [-0.1, -0.05) is 24.3 Å². The van der Waals surface area contributed by atoms with Crippen LogP contribution in [0.4, 0.5) is 5.69 Å². The highest BCUT2D eigenvalue weighted by Gasteiger charge is 2.46. The van der Waals surface area contributed by atoms with Gasteiger partial charge < -0.3 is 5.73 Å². The number of anilines is 1. The van der Waals surface area contributed by atoms with Gasteiger partial charge in [-0.3, -0.25) is 4.90 Å². The lowest BCUT2D eigenvalue weighted by Gasteiger charge is -2.51. The van der Waals surface area contributed by atoms with E-state index in [0.717, 1.165) is 38.8 Å². The molecule has 0 aliphatic carbocycles. The van der Waals surface area contributed by atoms with Gasteiger partial charge in [-0.15, -0.1) is 0 Å². The minimum atomic E-state index is -3.51. The lowest BCUT2D eigenvalue weighted by Crippen LogP contribution is -2.57. The third kappa shape index (κ3) is 2.95. The topological polar surface area (TPSA) is 66.6 Å². The van der Waals surface area contributed by atoms with Gasteiger partial charge in [-0.25, -0.2) is 8.42 Å². The number of nitrogen functional groups attached to an aromatic ring is 1. The Morgan fingerprint density at radius 1 is 1.00 bits per heavy atom. The van der Waals surface area contributed by atoms with Crippen LogP contribution in [0.2, 0.25) is 0 Å². The van der Waals surface area contributed by atoms with Crippen molar-refractivity contribution in [2.24, 2.45) is 5.92 Å². The molecule has 2 aromatic rings. The standard InChI is InChI=1S/C22H27N3O2S/c23-18-7-9-19(10-8-18)28(26,27)25-12-3-5-17-15-24-13-11-16-4-1-2-6-20(16)22(24)14-21(17)25/h1-2,4,6-10,17,21-22H,3,5,11-15,23H2/t17-,21+,22-/m1/s1. The summed E-state index contributed by atoms with van der Waals surface area (Å²) in [5.41, 5.74) is 9.16. The van der Waals surface area contributed by atoms with Crippen LogP contribution in [0.3, 0.4) is 0 Å². The summed E-state index contributed by atoms with van der Waals surface area (Å²) in [7, 11) is -3.51. The van der Waals surface area contributed by atoms with Crippen LogP contribution in [0.1, 0.15) is 36.4 Å². The van der Waals surface area contributed by atoms with Crippen LogP contribution in [0.15, 0.2) is 53.4 Å². The Bertz CT molecular complexity index is 974. The zero-order valence-corrected chi connectivity index (χ0v) is 16.8. The van der Waals surface area contributed by atoms with Crippen molar-refractivity contribution in [1.82, 2.24) is 9.21 Å². The molecule has 3 aliphatic heterocycles. The van der Waals surface area contributed by atoms with E-state index in [-0.39, 0.29) is 6.04 Å². The molecule has 0 saturated carbocycles. The van der Waals surface area contributed by atoms with Crippen LogP contribution in [-0.2, 0) is 16.4 Å². The molecule has 5 nitrogen and oxygen atoms in total. The summed E-state index contributed by atoms with van der Waals surface area (Å²) < 4.78 is 28.7. The minimum absolute atomic E-state index is 0.0729. The van der Waals surface area contributed by atoms with Crippen molar-refractivity contribution in [3.05, 3.63) is 59.7 Å². The zero-order chi connectivity index (χ0) is 19.3. The second-order valence-corrected chi connectivity index (χ2v) is 10.2. The van der Waals surface area contributed by atoms with Crippen LogP contribution < -0.4 is 5.73 Å². The van der Waals surface area contributed by atoms with Crippen molar-refractivity contribution in [3.63, 3.8) is 0 Å². The lowest BCUT2D eigenvalue weighted by atomic mass is 9.77. The minimum Gasteiger partial charge on any atom is -0.399 e. The van der Waals surface area contributed by atoms with E-state index in [1.807, 2.05) is 0 Å². The average Bonchev–Trinajstić information content (AvgIpc) is 2.72. The predicted octanol–water partition coefficient (Wildman–Crippen LogP) is 3.04. The molecule has 0 unspecified atom stereocenters. The van der Waals surface area contributed by atoms with Gasteiger partial charge >= 0.3 is 0 Å². The number of hydrogen-bond acceptors (Lipinski definition) is 4. The summed E-state index contributed by atoms with van der Waals surface area (Å²) in [5.74, 6) is 0.416. The van der Waals surface area contributed by atoms with Gasteiger partial charge in [0.25, 0.3) is 0 Å². The van der Waals surface area contributed by atoms with Gasteiger partial charge in [0, 0.05) is 37.4 Å². The van der Waals surface area contributed by atoms with Crippen molar-refractivity contribution in [3.8, 4) is 0 Å². The van der Waals surface area contributed by atoms with E-state index in [2.05, 4.69) is 29.2 Å². The van der Waals surface area contributed by atoms with E-state index < -0.39 is 10.0 Å². The Morgan fingerprint density at radius 3 is 2.61 bits per heavy atom. The number of rotatable bonds is 2. The van der Waals surface area contributed by atoms with Gasteiger partial charge in [0.1, 0.15) is 0 Å². The first kappa shape index (κ1) is 18.2. The van der Waals surface area contributed by atoms with Gasteiger partial charge in [-0.05, 0) is 67.0 Å². The highest BCUT2D eigenvalue weighted by atomic mass is 32.2. The second kappa shape index (κ2) is 6.87. The largest absolute Gasteiger partial charge is 0.399 e. The van der Waals surface area contributed by atoms with Crippen LogP contribution in [0.25, 0.3) is 0 Å². The van der Waals surface area contributed by atoms with E-state index in [9.17, 15) is 8.42 Å². The third-order valence-corrected chi connectivity index (χ3v) is 8.75. The van der Waals surface area contributed by atoms with Crippen molar-refractivity contribution >= 4 is 15.7 Å². The van der Waals surface area contributed by atoms with Gasteiger partial charge in [-0.2, -0.15) is 4.31 Å². The first-order valence-electron chi connectivity index (χ1n) is 10.2. The number of nitrogens with two attached hydrogens (primary N) is 1. The third-order valence-electron chi connectivity index (χ3n) is 6.81. The Morgan fingerprint density at radius 2 is 1.79 bits per heavy atom. The number of hydrogen-bond donors (Lipinski definition) is 1. The molecule has 6 heteroatoms. The molecular weight excluding hydrogens is 370 g/mol. The molecule has 2 saturated heterocycles. The molecular formula is C22H27N3O2S. The van der Waals surface area contributed by atoms with E-state index in [1.54, 1.807) is 28.6 Å². The molecule has 2 N–H and O–H groups in total. The van der Waals surface area contributed by atoms with Crippen LogP contribution in [-0.4, -0.2) is 43.3 Å². The van der Waals surface area contributed by atoms with Crippen molar-refractivity contribution < 1.29 is 8.42 Å². The molecule has 148 valence electrons. The molecule has 0 radical (unpaired) electrons. The fourth-order valence-electron chi connectivity index (χ4n) is 5.43. The lowest BCUT2D eigenvalue weighted by molar-refractivity contribution is 0.0220. The monoisotopic (exact) mass is 397 g/mol. The van der Waals surface area contributed by atoms with Gasteiger partial charge in [0.15, 0.2) is 0 Å². The van der Waals surface area contributed by atoms with E-state index in [4.69, 9.17) is 5.73 Å². The average molecular weight is 398 g/mol. The van der Waals surface area contributed by atoms with Gasteiger partial charge in [0.2, 0.25) is 10.0 Å². The quantitative estimate of drug-likeness (QED) is 0.791. The molecule has 28 heavy (non-hydrogen) atoms. The highest BCUT2D eigenvalue weighted by Crippen LogP contribution is 2.44. The molecule has 2 aromatic carbocycles. The summed E-state index contributed by atoms with van der Waals surface area (Å²) in [5, 5.41) is 0. The first-order chi connectivity index (χ1) is 13.5. The van der Waals surface area contributed by atoms with Crippen molar-refractivity contribution in [2.45, 2.75) is 42.7 Å². The summed E-state index contributed by atoms with van der Waals surface area (Å²) >= 11 is 0. The molecule has 2 fully saturated rings. The second-order valence-electron chi connectivity index (χ2n) is 8.35. The maximum absolute atomic E-state index is 13.4. The molecule has 0 aromatic heterocycles. The smallest absolute Gasteiger partial charge is 0.243 e. The summed E-state index contributed by atoms with van der Waals surface area (Å²) in [6.07, 6.45) is 4.03. The molecule has 5 rings (SSSR count). The fraction of sp³-hybridized carbons (Fsp3) is 0.455. The number of nitrogens with zero attached hydrogens (tertiary/aromatic N) is 2. The normalized spacial score (nSPS) is 28.2. The van der Waals surface area contributed by atoms with E-state index in [1.165, 1.54) is 11.1 Å². The SMILES string of the molecule is Nc1ccc(S(=O)(=O)N2CCC[C@@H]3CN4CCc5ccccc5[C@H]4C[C@@H]32)cc1. The Balaban J connectivity index is 1.48. The molecule has 0 bridgehead atoms. The Labute approximate surface area is 167 Å². The molecule has 3 aliphatic rings. The summed E-state index contributed by atoms with van der Waals surface area (Å²) in [4.78, 5) is 2.94. The van der Waals surface area contributed by atoms with Crippen LogP contribution in [0, 0.1) is 5.92 Å². The number of piperidine rings is 2. The highest BCUT2D eigenvalue weighted by molar-refractivity contribution is 7.89. The zero-order valence-electron chi connectivity index (χ0n) is 16.0. The van der Waals surface area contributed by atoms with E-state index >= 15 is 0 Å². The number of sulfonamides is 1. The van der Waals surface area contributed by atoms with Crippen LogP contribution >= 0.6 is 0 Å². The number of benzene rings is 2. The maximum atomic E-state index is 13.4. The first-order valence-corrected chi connectivity index (χ1v) is 11.7. The summed E-state index contributed by atoms with van der Waals surface area (Å²) in [6.45, 7) is 2.69. The number of fused-ring (bicyclic) bond motifs is 4. The molecule has 3 atom stereocenters. The Hall–Kier alpha value is -1.89. The maximum Gasteiger partial charge on any atom is 0.243 e. The molecule has 0 spiro atoms. The van der Waals surface area contributed by atoms with Gasteiger partial charge in [0.05, 0.1) is 4.90 Å². The molecule has 0 amide bonds. The van der Waals surface area contributed by atoms with E-state index in [0.29, 0.717) is 29.1 Å². The van der Waals surface area contributed by atoms with Crippen molar-refractivity contribution in [1.29, 1.82) is 0 Å². The Kier molecular flexibility index (Phi) is 4.45. The predicted molar refractivity (Wildman–Crippen MR) is 110 cm³/mol. The summed E-state index contributed by atoms with van der Waals surface area (Å²) in [6, 6.07) is 15.7.